The van der Waals surface area contributed by atoms with Gasteiger partial charge in [-0.25, -0.2) is 9.13 Å². The predicted octanol–water partition coefficient (Wildman–Crippen LogP) is 24.8. The molecule has 0 aliphatic carbocycles. The van der Waals surface area contributed by atoms with Crippen LogP contribution < -0.4 is 0 Å². The van der Waals surface area contributed by atoms with Gasteiger partial charge < -0.3 is 33.8 Å². The zero-order chi connectivity index (χ0) is 75.3. The van der Waals surface area contributed by atoms with Crippen molar-refractivity contribution in [3.63, 3.8) is 0 Å². The molecule has 4 unspecified atom stereocenters. The molecule has 0 fully saturated rings. The molecule has 17 nitrogen and oxygen atoms in total. The fraction of sp³-hybridized carbons (Fsp3) is 0.952. The van der Waals surface area contributed by atoms with E-state index in [0.29, 0.717) is 31.6 Å². The van der Waals surface area contributed by atoms with Gasteiger partial charge in [-0.05, 0) is 49.4 Å². The largest absolute Gasteiger partial charge is 0.472 e. The fourth-order valence-electron chi connectivity index (χ4n) is 12.7. The number of phosphoric acid groups is 2. The van der Waals surface area contributed by atoms with Crippen LogP contribution in [-0.4, -0.2) is 96.7 Å². The molecule has 0 rings (SSSR count). The third kappa shape index (κ3) is 73.6. The average Bonchev–Trinajstić information content (AvgIpc) is 1.06. The van der Waals surface area contributed by atoms with Crippen LogP contribution in [0.25, 0.3) is 0 Å². The molecule has 0 bridgehead atoms. The molecule has 19 heteroatoms. The van der Waals surface area contributed by atoms with Crippen molar-refractivity contribution < 1.29 is 80.2 Å². The first kappa shape index (κ1) is 100. The van der Waals surface area contributed by atoms with Gasteiger partial charge in [0.2, 0.25) is 0 Å². The molecule has 7 atom stereocenters. The first-order valence-corrected chi connectivity index (χ1v) is 45.8. The molecular formula is C83H162O17P2. The minimum Gasteiger partial charge on any atom is -0.462 e. The van der Waals surface area contributed by atoms with Crippen molar-refractivity contribution in [2.45, 2.75) is 446 Å². The van der Waals surface area contributed by atoms with E-state index in [1.54, 1.807) is 0 Å². The van der Waals surface area contributed by atoms with Crippen LogP contribution >= 0.6 is 15.6 Å². The Bertz CT molecular complexity index is 1990. The first-order chi connectivity index (χ1) is 49.2. The van der Waals surface area contributed by atoms with Gasteiger partial charge >= 0.3 is 39.5 Å². The summed E-state index contributed by atoms with van der Waals surface area (Å²) >= 11 is 0. The maximum atomic E-state index is 13.1. The lowest BCUT2D eigenvalue weighted by molar-refractivity contribution is -0.161. The number of aliphatic hydroxyl groups is 1. The minimum absolute atomic E-state index is 0.105. The van der Waals surface area contributed by atoms with E-state index < -0.39 is 97.5 Å². The smallest absolute Gasteiger partial charge is 0.462 e. The minimum atomic E-state index is -4.96. The second kappa shape index (κ2) is 72.0. The van der Waals surface area contributed by atoms with Crippen molar-refractivity contribution in [1.29, 1.82) is 0 Å². The number of esters is 4. The summed E-state index contributed by atoms with van der Waals surface area (Å²) in [5, 5.41) is 10.6. The summed E-state index contributed by atoms with van der Waals surface area (Å²) in [4.78, 5) is 73.0. The Morgan fingerprint density at radius 2 is 0.471 bits per heavy atom. The number of ether oxygens (including phenoxy) is 4. The molecule has 0 aromatic heterocycles. The molecular weight excluding hydrogens is 1330 g/mol. The number of hydrogen-bond donors (Lipinski definition) is 3. The van der Waals surface area contributed by atoms with Crippen molar-refractivity contribution >= 4 is 39.5 Å². The van der Waals surface area contributed by atoms with Crippen LogP contribution in [0, 0.1) is 23.7 Å². The van der Waals surface area contributed by atoms with Crippen LogP contribution in [0.5, 0.6) is 0 Å². The van der Waals surface area contributed by atoms with E-state index >= 15 is 0 Å². The number of phosphoric ester groups is 2. The van der Waals surface area contributed by atoms with Gasteiger partial charge in [-0.15, -0.1) is 0 Å². The van der Waals surface area contributed by atoms with Gasteiger partial charge in [0.25, 0.3) is 0 Å². The highest BCUT2D eigenvalue weighted by Gasteiger charge is 2.30. The van der Waals surface area contributed by atoms with Crippen molar-refractivity contribution in [3.05, 3.63) is 0 Å². The Balaban J connectivity index is 5.21. The third-order valence-electron chi connectivity index (χ3n) is 20.0. The molecule has 0 saturated carbocycles. The van der Waals surface area contributed by atoms with Crippen LogP contribution in [0.15, 0.2) is 0 Å². The van der Waals surface area contributed by atoms with Gasteiger partial charge in [-0.1, -0.05) is 376 Å². The standard InChI is InChI=1S/C83H162O17P2/c1-9-75(7)61-53-45-36-30-23-19-15-13-11-12-14-16-22-26-33-39-49-57-65-82(87)99-78(69-93-80(85)63-55-47-38-32-25-21-18-17-20-24-31-37-46-54-62-76(8)10-2)71-97-101(89,90)95-67-77(84)68-96-102(91,92)98-72-79(70-94-81(86)64-56-48-42-41-44-52-60-74(5)6)100-83(88)66-58-50-40-34-28-27-29-35-43-51-59-73(3)4/h73-79,84H,9-72H2,1-8H3,(H,89,90)(H,91,92)/t75?,76?,77-,78-,79-/m1/s1. The van der Waals surface area contributed by atoms with E-state index in [2.05, 4.69) is 55.4 Å². The average molecular weight is 1490 g/mol. The molecule has 606 valence electrons. The molecule has 0 aliphatic heterocycles. The lowest BCUT2D eigenvalue weighted by Gasteiger charge is -2.21. The van der Waals surface area contributed by atoms with Gasteiger partial charge in [-0.3, -0.25) is 37.3 Å². The summed E-state index contributed by atoms with van der Waals surface area (Å²) in [6.45, 7) is 14.3. The Kier molecular flexibility index (Phi) is 70.6. The molecule has 0 aromatic carbocycles. The van der Waals surface area contributed by atoms with Crippen LogP contribution in [-0.2, 0) is 65.4 Å². The van der Waals surface area contributed by atoms with Crippen molar-refractivity contribution in [2.24, 2.45) is 23.7 Å². The Morgan fingerprint density at radius 1 is 0.275 bits per heavy atom. The third-order valence-corrected chi connectivity index (χ3v) is 21.9. The van der Waals surface area contributed by atoms with Crippen molar-refractivity contribution in [3.8, 4) is 0 Å². The van der Waals surface area contributed by atoms with Crippen molar-refractivity contribution in [2.75, 3.05) is 39.6 Å². The number of rotatable bonds is 80. The summed E-state index contributed by atoms with van der Waals surface area (Å²) in [6, 6.07) is 0. The second-order valence-electron chi connectivity index (χ2n) is 31.3. The van der Waals surface area contributed by atoms with Gasteiger partial charge in [-0.2, -0.15) is 0 Å². The van der Waals surface area contributed by atoms with Crippen molar-refractivity contribution in [1.82, 2.24) is 0 Å². The lowest BCUT2D eigenvalue weighted by atomic mass is 9.99. The fourth-order valence-corrected chi connectivity index (χ4v) is 14.3. The summed E-state index contributed by atoms with van der Waals surface area (Å²) in [7, 11) is -9.92. The molecule has 0 amide bonds. The normalized spacial score (nSPS) is 14.5. The highest BCUT2D eigenvalue weighted by atomic mass is 31.2. The van der Waals surface area contributed by atoms with E-state index in [4.69, 9.17) is 37.0 Å². The molecule has 102 heavy (non-hydrogen) atoms. The number of unbranched alkanes of at least 4 members (excludes halogenated alkanes) is 44. The van der Waals surface area contributed by atoms with Gasteiger partial charge in [0.15, 0.2) is 12.2 Å². The molecule has 0 saturated heterocycles. The quantitative estimate of drug-likeness (QED) is 0.0222. The maximum absolute atomic E-state index is 13.1. The number of hydrogen-bond acceptors (Lipinski definition) is 15. The maximum Gasteiger partial charge on any atom is 0.472 e. The highest BCUT2D eigenvalue weighted by molar-refractivity contribution is 7.47. The number of aliphatic hydroxyl groups excluding tert-OH is 1. The molecule has 0 aromatic rings. The van der Waals surface area contributed by atoms with Gasteiger partial charge in [0.05, 0.1) is 26.4 Å². The Morgan fingerprint density at radius 3 is 0.696 bits per heavy atom. The van der Waals surface area contributed by atoms with E-state index in [1.807, 2.05) is 0 Å². The second-order valence-corrected chi connectivity index (χ2v) is 34.2. The van der Waals surface area contributed by atoms with Crippen LogP contribution in [0.1, 0.15) is 428 Å². The SMILES string of the molecule is CCC(C)CCCCCCCCCCCCCCCCCCCCC(=O)O[C@H](COC(=O)CCCCCCCCCCCCCCCCC(C)CC)COP(=O)(O)OC[C@@H](O)COP(=O)(O)OC[C@@H](COC(=O)CCCCCCCCC(C)C)OC(=O)CCCCCCCCCCCCC(C)C. The summed E-state index contributed by atoms with van der Waals surface area (Å²) in [5.74, 6) is 1.04. The monoisotopic (exact) mass is 1490 g/mol. The molecule has 3 N–H and O–H groups in total. The predicted molar refractivity (Wildman–Crippen MR) is 418 cm³/mol. The van der Waals surface area contributed by atoms with Crippen LogP contribution in [0.4, 0.5) is 0 Å². The summed E-state index contributed by atoms with van der Waals surface area (Å²) < 4.78 is 68.7. The van der Waals surface area contributed by atoms with E-state index in [0.717, 1.165) is 114 Å². The van der Waals surface area contributed by atoms with E-state index in [1.165, 1.54) is 225 Å². The van der Waals surface area contributed by atoms with Crippen LogP contribution in [0.3, 0.4) is 0 Å². The van der Waals surface area contributed by atoms with Crippen LogP contribution in [0.2, 0.25) is 0 Å². The molecule has 0 heterocycles. The molecule has 0 aliphatic rings. The van der Waals surface area contributed by atoms with Gasteiger partial charge in [0.1, 0.15) is 19.3 Å². The topological polar surface area (TPSA) is 237 Å². The molecule has 0 spiro atoms. The zero-order valence-corrected chi connectivity index (χ0v) is 69.0. The Hall–Kier alpha value is -1.94. The lowest BCUT2D eigenvalue weighted by Crippen LogP contribution is -2.30. The molecule has 0 radical (unpaired) electrons. The van der Waals surface area contributed by atoms with Gasteiger partial charge in [0, 0.05) is 25.7 Å². The van der Waals surface area contributed by atoms with E-state index in [-0.39, 0.29) is 25.7 Å². The summed E-state index contributed by atoms with van der Waals surface area (Å²) in [5.41, 5.74) is 0. The Labute approximate surface area is 626 Å². The number of carbonyl (C=O) groups is 4. The summed E-state index contributed by atoms with van der Waals surface area (Å²) in [6.07, 6.45) is 59.8. The first-order valence-electron chi connectivity index (χ1n) is 42.8. The van der Waals surface area contributed by atoms with E-state index in [9.17, 15) is 43.2 Å². The highest BCUT2D eigenvalue weighted by Crippen LogP contribution is 2.45. The zero-order valence-electron chi connectivity index (χ0n) is 67.2. The number of carbonyl (C=O) groups excluding carboxylic acids is 4.